The van der Waals surface area contributed by atoms with Crippen LogP contribution < -0.4 is 5.56 Å². The molecular formula is C15H19N3O2S. The van der Waals surface area contributed by atoms with E-state index in [1.54, 1.807) is 6.07 Å². The van der Waals surface area contributed by atoms with Gasteiger partial charge in [0.2, 0.25) is 5.91 Å². The summed E-state index contributed by atoms with van der Waals surface area (Å²) in [6, 6.07) is 1.77. The third kappa shape index (κ3) is 2.85. The summed E-state index contributed by atoms with van der Waals surface area (Å²) in [5.74, 6) is 1.05. The van der Waals surface area contributed by atoms with Gasteiger partial charge in [-0.05, 0) is 29.7 Å². The van der Waals surface area contributed by atoms with Gasteiger partial charge < -0.3 is 4.90 Å². The van der Waals surface area contributed by atoms with Crippen molar-refractivity contribution in [3.63, 3.8) is 0 Å². The summed E-state index contributed by atoms with van der Waals surface area (Å²) in [4.78, 5) is 31.6. The third-order valence-electron chi connectivity index (χ3n) is 3.98. The van der Waals surface area contributed by atoms with Crippen molar-refractivity contribution >= 4 is 27.5 Å². The van der Waals surface area contributed by atoms with Crippen molar-refractivity contribution in [1.29, 1.82) is 0 Å². The lowest BCUT2D eigenvalue weighted by molar-refractivity contribution is -0.134. The van der Waals surface area contributed by atoms with Crippen LogP contribution in [0.5, 0.6) is 0 Å². The number of hydrogen-bond donors (Lipinski definition) is 0. The predicted molar refractivity (Wildman–Crippen MR) is 83.4 cm³/mol. The van der Waals surface area contributed by atoms with Gasteiger partial charge >= 0.3 is 0 Å². The average Bonchev–Trinajstić information content (AvgIpc) is 2.90. The van der Waals surface area contributed by atoms with E-state index in [1.165, 1.54) is 22.2 Å². The molecule has 1 amide bonds. The molecule has 1 aliphatic rings. The minimum Gasteiger partial charge on any atom is -0.341 e. The van der Waals surface area contributed by atoms with E-state index in [1.807, 2.05) is 10.3 Å². The topological polar surface area (TPSA) is 55.2 Å². The van der Waals surface area contributed by atoms with Crippen molar-refractivity contribution in [3.8, 4) is 0 Å². The quantitative estimate of drug-likeness (QED) is 0.852. The highest BCUT2D eigenvalue weighted by Crippen LogP contribution is 2.21. The van der Waals surface area contributed by atoms with Crippen LogP contribution in [0.15, 0.2) is 22.6 Å². The van der Waals surface area contributed by atoms with Crippen LogP contribution in [0.4, 0.5) is 0 Å². The highest BCUT2D eigenvalue weighted by molar-refractivity contribution is 7.16. The summed E-state index contributed by atoms with van der Waals surface area (Å²) in [5.41, 5.74) is -0.132. The Morgan fingerprint density at radius 2 is 2.10 bits per heavy atom. The van der Waals surface area contributed by atoms with Gasteiger partial charge in [0.05, 0.1) is 11.7 Å². The van der Waals surface area contributed by atoms with Crippen molar-refractivity contribution < 1.29 is 4.79 Å². The maximum absolute atomic E-state index is 12.4. The number of amides is 1. The molecule has 2 atom stereocenters. The summed E-state index contributed by atoms with van der Waals surface area (Å²) in [5, 5.41) is 2.44. The van der Waals surface area contributed by atoms with Gasteiger partial charge in [0, 0.05) is 13.1 Å². The van der Waals surface area contributed by atoms with Crippen LogP contribution in [0.1, 0.15) is 20.3 Å². The standard InChI is InChI=1S/C15H19N3O2S/c1-10-5-11(2)7-17(6-10)13(19)8-18-9-16-14-12(15(18)20)3-4-21-14/h3-4,9-11H,5-8H2,1-2H3/t10-,11-/m0/s1. The third-order valence-corrected chi connectivity index (χ3v) is 4.80. The van der Waals surface area contributed by atoms with Crippen molar-refractivity contribution in [2.24, 2.45) is 11.8 Å². The number of aromatic nitrogens is 2. The Morgan fingerprint density at radius 1 is 1.38 bits per heavy atom. The number of hydrogen-bond acceptors (Lipinski definition) is 4. The number of likely N-dealkylation sites (tertiary alicyclic amines) is 1. The number of carbonyl (C=O) groups excluding carboxylic acids is 1. The molecule has 3 rings (SSSR count). The zero-order valence-electron chi connectivity index (χ0n) is 12.3. The van der Waals surface area contributed by atoms with Gasteiger partial charge in [0.15, 0.2) is 0 Å². The Labute approximate surface area is 127 Å². The van der Waals surface area contributed by atoms with Crippen LogP contribution in [0.2, 0.25) is 0 Å². The molecule has 0 radical (unpaired) electrons. The minimum absolute atomic E-state index is 0.00637. The SMILES string of the molecule is C[C@H]1C[C@H](C)CN(C(=O)Cn2cnc3sccc3c2=O)C1. The molecule has 2 aromatic heterocycles. The number of nitrogens with zero attached hydrogens (tertiary/aromatic N) is 3. The molecular weight excluding hydrogens is 286 g/mol. The second kappa shape index (κ2) is 5.60. The van der Waals surface area contributed by atoms with E-state index >= 15 is 0 Å². The fourth-order valence-corrected chi connectivity index (χ4v) is 3.84. The van der Waals surface area contributed by atoms with Gasteiger partial charge in [-0.15, -0.1) is 11.3 Å². The Hall–Kier alpha value is -1.69. The number of carbonyl (C=O) groups is 1. The van der Waals surface area contributed by atoms with Gasteiger partial charge in [0.25, 0.3) is 5.56 Å². The van der Waals surface area contributed by atoms with E-state index in [4.69, 9.17) is 0 Å². The van der Waals surface area contributed by atoms with Gasteiger partial charge in [-0.1, -0.05) is 13.8 Å². The summed E-state index contributed by atoms with van der Waals surface area (Å²) < 4.78 is 1.42. The Morgan fingerprint density at radius 3 is 2.81 bits per heavy atom. The monoisotopic (exact) mass is 305 g/mol. The zero-order valence-corrected chi connectivity index (χ0v) is 13.1. The van der Waals surface area contributed by atoms with E-state index < -0.39 is 0 Å². The van der Waals surface area contributed by atoms with Gasteiger partial charge in [-0.25, -0.2) is 4.98 Å². The highest BCUT2D eigenvalue weighted by atomic mass is 32.1. The van der Waals surface area contributed by atoms with Crippen LogP contribution in [-0.4, -0.2) is 33.4 Å². The maximum atomic E-state index is 12.4. The molecule has 3 heterocycles. The first-order valence-electron chi connectivity index (χ1n) is 7.25. The molecule has 1 fully saturated rings. The first-order chi connectivity index (χ1) is 10.0. The molecule has 0 N–H and O–H groups in total. The first kappa shape index (κ1) is 14.3. The normalized spacial score (nSPS) is 22.7. The van der Waals surface area contributed by atoms with Gasteiger partial charge in [-0.3, -0.25) is 14.2 Å². The summed E-state index contributed by atoms with van der Waals surface area (Å²) in [6.45, 7) is 5.98. The van der Waals surface area contributed by atoms with Crippen molar-refractivity contribution in [2.45, 2.75) is 26.8 Å². The predicted octanol–water partition coefficient (Wildman–Crippen LogP) is 1.96. The molecule has 6 heteroatoms. The van der Waals surface area contributed by atoms with Gasteiger partial charge in [0.1, 0.15) is 11.4 Å². The molecule has 2 aromatic rings. The summed E-state index contributed by atoms with van der Waals surface area (Å²) in [6.07, 6.45) is 2.64. The molecule has 21 heavy (non-hydrogen) atoms. The molecule has 0 spiro atoms. The van der Waals surface area contributed by atoms with E-state index in [2.05, 4.69) is 18.8 Å². The molecule has 0 bridgehead atoms. The van der Waals surface area contributed by atoms with Crippen molar-refractivity contribution in [2.75, 3.05) is 13.1 Å². The lowest BCUT2D eigenvalue weighted by Gasteiger charge is -2.35. The molecule has 1 aliphatic heterocycles. The van der Waals surface area contributed by atoms with E-state index in [0.717, 1.165) is 24.3 Å². The molecule has 5 nitrogen and oxygen atoms in total. The average molecular weight is 305 g/mol. The summed E-state index contributed by atoms with van der Waals surface area (Å²) in [7, 11) is 0. The minimum atomic E-state index is -0.132. The zero-order chi connectivity index (χ0) is 15.0. The Kier molecular flexibility index (Phi) is 3.80. The molecule has 0 saturated carbocycles. The lowest BCUT2D eigenvalue weighted by atomic mass is 9.92. The summed E-state index contributed by atoms with van der Waals surface area (Å²) >= 11 is 1.44. The number of thiophene rings is 1. The highest BCUT2D eigenvalue weighted by Gasteiger charge is 2.25. The lowest BCUT2D eigenvalue weighted by Crippen LogP contribution is -2.44. The van der Waals surface area contributed by atoms with E-state index in [9.17, 15) is 9.59 Å². The Bertz CT molecular complexity index is 711. The van der Waals surface area contributed by atoms with Crippen LogP contribution in [-0.2, 0) is 11.3 Å². The van der Waals surface area contributed by atoms with Crippen molar-refractivity contribution in [1.82, 2.24) is 14.5 Å². The first-order valence-corrected chi connectivity index (χ1v) is 8.13. The smallest absolute Gasteiger partial charge is 0.262 e. The van der Waals surface area contributed by atoms with Gasteiger partial charge in [-0.2, -0.15) is 0 Å². The molecule has 0 unspecified atom stereocenters. The van der Waals surface area contributed by atoms with Crippen molar-refractivity contribution in [3.05, 3.63) is 28.1 Å². The van der Waals surface area contributed by atoms with Crippen LogP contribution >= 0.6 is 11.3 Å². The van der Waals surface area contributed by atoms with Crippen LogP contribution in [0, 0.1) is 11.8 Å². The number of fused-ring (bicyclic) bond motifs is 1. The van der Waals surface area contributed by atoms with Crippen LogP contribution in [0.3, 0.4) is 0 Å². The largest absolute Gasteiger partial charge is 0.341 e. The molecule has 0 aromatic carbocycles. The second-order valence-electron chi connectivity index (χ2n) is 6.06. The van der Waals surface area contributed by atoms with Crippen LogP contribution in [0.25, 0.3) is 10.2 Å². The molecule has 0 aliphatic carbocycles. The number of piperidine rings is 1. The molecule has 112 valence electrons. The molecule has 1 saturated heterocycles. The fourth-order valence-electron chi connectivity index (χ4n) is 3.12. The van der Waals surface area contributed by atoms with E-state index in [-0.39, 0.29) is 18.0 Å². The van der Waals surface area contributed by atoms with E-state index in [0.29, 0.717) is 17.2 Å². The number of rotatable bonds is 2. The fraction of sp³-hybridized carbons (Fsp3) is 0.533. The maximum Gasteiger partial charge on any atom is 0.262 e. The second-order valence-corrected chi connectivity index (χ2v) is 6.96. The Balaban J connectivity index is 1.80.